The minimum Gasteiger partial charge on any atom is -0.373 e. The van der Waals surface area contributed by atoms with E-state index < -0.39 is 11.8 Å². The Balaban J connectivity index is 1.53. The third-order valence-electron chi connectivity index (χ3n) is 7.06. The molecule has 0 saturated carbocycles. The van der Waals surface area contributed by atoms with Crippen LogP contribution in [-0.2, 0) is 13.1 Å². The number of pyridine rings is 2. The van der Waals surface area contributed by atoms with Crippen LogP contribution in [0.1, 0.15) is 37.9 Å². The van der Waals surface area contributed by atoms with Crippen LogP contribution in [0.15, 0.2) is 71.7 Å². The number of carbonyl (C=O) groups is 1. The molecular formula is C31H33FN8O2. The molecule has 5 N–H and O–H groups in total. The van der Waals surface area contributed by atoms with E-state index in [-0.39, 0.29) is 23.7 Å². The maximum Gasteiger partial charge on any atom is 0.324 e. The summed E-state index contributed by atoms with van der Waals surface area (Å²) in [6.07, 6.45) is 1.68. The molecule has 10 nitrogen and oxygen atoms in total. The second-order valence-corrected chi connectivity index (χ2v) is 10.1. The predicted octanol–water partition coefficient (Wildman–Crippen LogP) is 5.68. The van der Waals surface area contributed by atoms with E-state index in [9.17, 15) is 9.59 Å². The molecule has 0 radical (unpaired) electrons. The van der Waals surface area contributed by atoms with Crippen molar-refractivity contribution in [3.63, 3.8) is 0 Å². The number of anilines is 3. The number of aryl methyl sites for hydroxylation is 1. The molecule has 0 fully saturated rings. The van der Waals surface area contributed by atoms with E-state index in [2.05, 4.69) is 26.0 Å². The highest BCUT2D eigenvalue weighted by molar-refractivity contribution is 6.00. The van der Waals surface area contributed by atoms with Crippen LogP contribution >= 0.6 is 0 Å². The molecule has 0 aliphatic carbocycles. The van der Waals surface area contributed by atoms with Gasteiger partial charge in [0.25, 0.3) is 5.56 Å². The molecule has 2 aromatic carbocycles. The van der Waals surface area contributed by atoms with Crippen LogP contribution in [0, 0.1) is 5.82 Å². The number of hydrogen-bond acceptors (Lipinski definition) is 6. The lowest BCUT2D eigenvalue weighted by molar-refractivity contribution is 0.262. The zero-order chi connectivity index (χ0) is 30.0. The Morgan fingerprint density at radius 2 is 1.81 bits per heavy atom. The van der Waals surface area contributed by atoms with Gasteiger partial charge in [-0.1, -0.05) is 32.0 Å². The van der Waals surface area contributed by atoms with E-state index in [1.807, 2.05) is 51.1 Å². The van der Waals surface area contributed by atoms with Crippen molar-refractivity contribution < 1.29 is 9.18 Å². The van der Waals surface area contributed by atoms with Crippen LogP contribution in [0.2, 0.25) is 0 Å². The monoisotopic (exact) mass is 568 g/mol. The van der Waals surface area contributed by atoms with Crippen LogP contribution in [0.5, 0.6) is 0 Å². The molecule has 0 bridgehead atoms. The van der Waals surface area contributed by atoms with Crippen molar-refractivity contribution in [2.45, 2.75) is 39.8 Å². The molecule has 5 aromatic rings. The lowest BCUT2D eigenvalue weighted by Crippen LogP contribution is -2.23. The fraction of sp³-hybridized carbons (Fsp3) is 0.226. The Labute approximate surface area is 242 Å². The molecule has 5 rings (SSSR count). The van der Waals surface area contributed by atoms with Gasteiger partial charge in [0.1, 0.15) is 17.5 Å². The van der Waals surface area contributed by atoms with E-state index in [1.165, 1.54) is 12.1 Å². The summed E-state index contributed by atoms with van der Waals surface area (Å²) in [5.74, 6) is 0.505. The Hall–Kier alpha value is -5.03. The van der Waals surface area contributed by atoms with Gasteiger partial charge in [0.2, 0.25) is 0 Å². The maximum absolute atomic E-state index is 15.3. The molecule has 3 heterocycles. The molecular weight excluding hydrogens is 535 g/mol. The fourth-order valence-corrected chi connectivity index (χ4v) is 4.85. The topological polar surface area (TPSA) is 132 Å². The maximum atomic E-state index is 15.3. The SMILES string of the molecule is CCn1c(=O)c(-c2cc(NC(=O)Nc3cc(C(C)C)nn3-c3ccccc3)c(F)cc2CN)cc2cnc(NC)cc21. The number of fused-ring (bicyclic) bond motifs is 1. The van der Waals surface area contributed by atoms with Crippen LogP contribution in [0.25, 0.3) is 27.7 Å². The van der Waals surface area contributed by atoms with Crippen LogP contribution < -0.4 is 27.2 Å². The molecule has 0 aliphatic heterocycles. The van der Waals surface area contributed by atoms with Crippen molar-refractivity contribution in [2.75, 3.05) is 23.0 Å². The summed E-state index contributed by atoms with van der Waals surface area (Å²) in [4.78, 5) is 31.2. The average molecular weight is 569 g/mol. The number of amides is 2. The molecule has 11 heteroatoms. The Morgan fingerprint density at radius 3 is 2.48 bits per heavy atom. The van der Waals surface area contributed by atoms with E-state index in [4.69, 9.17) is 5.73 Å². The summed E-state index contributed by atoms with van der Waals surface area (Å²) in [6.45, 7) is 6.30. The van der Waals surface area contributed by atoms with Gasteiger partial charge in [-0.2, -0.15) is 5.10 Å². The van der Waals surface area contributed by atoms with E-state index in [0.29, 0.717) is 34.9 Å². The molecule has 0 atom stereocenters. The molecule has 0 spiro atoms. The van der Waals surface area contributed by atoms with Gasteiger partial charge < -0.3 is 20.9 Å². The number of urea groups is 1. The number of aromatic nitrogens is 4. The highest BCUT2D eigenvalue weighted by Gasteiger charge is 2.19. The molecule has 0 saturated heterocycles. The number of halogens is 1. The van der Waals surface area contributed by atoms with Gasteiger partial charge >= 0.3 is 6.03 Å². The Kier molecular flexibility index (Phi) is 8.03. The van der Waals surface area contributed by atoms with Crippen molar-refractivity contribution in [1.82, 2.24) is 19.3 Å². The average Bonchev–Trinajstić information content (AvgIpc) is 3.42. The van der Waals surface area contributed by atoms with Crippen LogP contribution in [0.4, 0.5) is 26.5 Å². The molecule has 0 unspecified atom stereocenters. The number of nitrogens with two attached hydrogens (primary N) is 1. The van der Waals surface area contributed by atoms with Crippen molar-refractivity contribution >= 4 is 34.3 Å². The number of rotatable bonds is 8. The first-order chi connectivity index (χ1) is 20.2. The highest BCUT2D eigenvalue weighted by atomic mass is 19.1. The van der Waals surface area contributed by atoms with Gasteiger partial charge in [-0.05, 0) is 54.3 Å². The van der Waals surface area contributed by atoms with E-state index >= 15 is 4.39 Å². The summed E-state index contributed by atoms with van der Waals surface area (Å²) in [6, 6.07) is 16.7. The zero-order valence-corrected chi connectivity index (χ0v) is 23.9. The number of para-hydroxylation sites is 1. The summed E-state index contributed by atoms with van der Waals surface area (Å²) in [5, 5.41) is 13.8. The molecule has 2 amide bonds. The third-order valence-corrected chi connectivity index (χ3v) is 7.06. The fourth-order valence-electron chi connectivity index (χ4n) is 4.85. The highest BCUT2D eigenvalue weighted by Crippen LogP contribution is 2.30. The minimum atomic E-state index is -0.675. The number of carbonyl (C=O) groups excluding carboxylic acids is 1. The summed E-state index contributed by atoms with van der Waals surface area (Å²) in [5.41, 5.74) is 9.08. The quantitative estimate of drug-likeness (QED) is 0.191. The lowest BCUT2D eigenvalue weighted by Gasteiger charge is -2.16. The van der Waals surface area contributed by atoms with Crippen LogP contribution in [0.3, 0.4) is 0 Å². The first-order valence-electron chi connectivity index (χ1n) is 13.7. The van der Waals surface area contributed by atoms with E-state index in [0.717, 1.165) is 22.3 Å². The van der Waals surface area contributed by atoms with Gasteiger partial charge in [-0.25, -0.2) is 18.9 Å². The number of hydrogen-bond donors (Lipinski definition) is 4. The molecule has 42 heavy (non-hydrogen) atoms. The standard InChI is InChI=1S/C31H33FN8O2/c1-5-39-27-15-28(34-4)35-17-20(27)11-23(30(39)41)22-13-26(24(32)12-19(22)16-33)36-31(42)37-29-14-25(18(2)3)38-40(29)21-9-7-6-8-10-21/h6-15,17-18H,5,16,33H2,1-4H3,(H,34,35)(H2,36,37,42). The van der Waals surface area contributed by atoms with Crippen molar-refractivity contribution in [2.24, 2.45) is 5.73 Å². The second-order valence-electron chi connectivity index (χ2n) is 10.1. The number of nitrogens with zero attached hydrogens (tertiary/aromatic N) is 4. The first-order valence-corrected chi connectivity index (χ1v) is 13.7. The number of benzene rings is 2. The van der Waals surface area contributed by atoms with Gasteiger partial charge in [-0.15, -0.1) is 0 Å². The van der Waals surface area contributed by atoms with Gasteiger partial charge in [-0.3, -0.25) is 10.1 Å². The van der Waals surface area contributed by atoms with E-state index in [1.54, 1.807) is 40.7 Å². The van der Waals surface area contributed by atoms with Crippen molar-refractivity contribution in [3.8, 4) is 16.8 Å². The molecule has 3 aromatic heterocycles. The second kappa shape index (κ2) is 11.8. The summed E-state index contributed by atoms with van der Waals surface area (Å²) < 4.78 is 18.5. The Morgan fingerprint density at radius 1 is 1.05 bits per heavy atom. The van der Waals surface area contributed by atoms with Gasteiger partial charge in [0.05, 0.1) is 22.6 Å². The minimum absolute atomic E-state index is 0.00643. The summed E-state index contributed by atoms with van der Waals surface area (Å²) >= 11 is 0. The van der Waals surface area contributed by atoms with Crippen LogP contribution in [-0.4, -0.2) is 32.4 Å². The lowest BCUT2D eigenvalue weighted by atomic mass is 9.98. The first kappa shape index (κ1) is 28.5. The Bertz CT molecular complexity index is 1830. The molecule has 216 valence electrons. The summed E-state index contributed by atoms with van der Waals surface area (Å²) in [7, 11) is 1.76. The van der Waals surface area contributed by atoms with Crippen molar-refractivity contribution in [1.29, 1.82) is 0 Å². The number of nitrogens with one attached hydrogen (secondary N) is 3. The predicted molar refractivity (Wildman–Crippen MR) is 165 cm³/mol. The van der Waals surface area contributed by atoms with Gasteiger partial charge in [0, 0.05) is 49.4 Å². The largest absolute Gasteiger partial charge is 0.373 e. The smallest absolute Gasteiger partial charge is 0.324 e. The molecule has 0 aliphatic rings. The zero-order valence-electron chi connectivity index (χ0n) is 23.9. The van der Waals surface area contributed by atoms with Gasteiger partial charge in [0.15, 0.2) is 0 Å². The normalized spacial score (nSPS) is 11.2. The van der Waals surface area contributed by atoms with Crippen molar-refractivity contribution in [3.05, 3.63) is 94.3 Å². The third kappa shape index (κ3) is 5.46.